The first-order chi connectivity index (χ1) is 10.1. The van der Waals surface area contributed by atoms with Gasteiger partial charge in [-0.05, 0) is 31.0 Å². The third-order valence-electron chi connectivity index (χ3n) is 3.88. The lowest BCUT2D eigenvalue weighted by Gasteiger charge is -2.34. The van der Waals surface area contributed by atoms with Crippen molar-refractivity contribution in [2.75, 3.05) is 31.5 Å². The SMILES string of the molecule is O=C(Nc1cccc(Br)c1)N1CCN(C(=O)C2CC2)CC1. The van der Waals surface area contributed by atoms with Crippen molar-refractivity contribution in [3.05, 3.63) is 28.7 Å². The van der Waals surface area contributed by atoms with Gasteiger partial charge in [0.05, 0.1) is 0 Å². The molecule has 0 unspecified atom stereocenters. The maximum Gasteiger partial charge on any atom is 0.321 e. The van der Waals surface area contributed by atoms with Crippen LogP contribution < -0.4 is 5.32 Å². The summed E-state index contributed by atoms with van der Waals surface area (Å²) in [5, 5.41) is 2.89. The summed E-state index contributed by atoms with van der Waals surface area (Å²) in [5.41, 5.74) is 0.769. The summed E-state index contributed by atoms with van der Waals surface area (Å²) >= 11 is 3.38. The largest absolute Gasteiger partial charge is 0.339 e. The first kappa shape index (κ1) is 14.4. The maximum atomic E-state index is 12.2. The lowest BCUT2D eigenvalue weighted by molar-refractivity contribution is -0.133. The number of anilines is 1. The second-order valence-corrected chi connectivity index (χ2v) is 6.44. The Hall–Kier alpha value is -1.56. The molecule has 0 aromatic heterocycles. The smallest absolute Gasteiger partial charge is 0.321 e. The van der Waals surface area contributed by atoms with E-state index in [4.69, 9.17) is 0 Å². The number of urea groups is 1. The Morgan fingerprint density at radius 3 is 2.38 bits per heavy atom. The molecule has 0 bridgehead atoms. The molecule has 1 saturated carbocycles. The maximum absolute atomic E-state index is 12.2. The second-order valence-electron chi connectivity index (χ2n) is 5.53. The van der Waals surface area contributed by atoms with Gasteiger partial charge in [-0.15, -0.1) is 0 Å². The molecule has 1 heterocycles. The molecule has 3 rings (SSSR count). The fourth-order valence-corrected chi connectivity index (χ4v) is 2.89. The Balaban J connectivity index is 1.51. The lowest BCUT2D eigenvalue weighted by atomic mass is 10.2. The van der Waals surface area contributed by atoms with Crippen LogP contribution in [-0.2, 0) is 4.79 Å². The highest BCUT2D eigenvalue weighted by atomic mass is 79.9. The summed E-state index contributed by atoms with van der Waals surface area (Å²) in [4.78, 5) is 27.8. The molecule has 2 fully saturated rings. The number of piperazine rings is 1. The van der Waals surface area contributed by atoms with Crippen LogP contribution in [0.25, 0.3) is 0 Å². The number of carbonyl (C=O) groups excluding carboxylic acids is 2. The van der Waals surface area contributed by atoms with Crippen LogP contribution in [0, 0.1) is 5.92 Å². The van der Waals surface area contributed by atoms with E-state index >= 15 is 0 Å². The zero-order valence-electron chi connectivity index (χ0n) is 11.7. The standard InChI is InChI=1S/C15H18BrN3O2/c16-12-2-1-3-13(10-12)17-15(21)19-8-6-18(7-9-19)14(20)11-4-5-11/h1-3,10-11H,4-9H2,(H,17,21). The van der Waals surface area contributed by atoms with E-state index in [1.807, 2.05) is 29.2 Å². The zero-order valence-corrected chi connectivity index (χ0v) is 13.3. The van der Waals surface area contributed by atoms with Gasteiger partial charge in [-0.25, -0.2) is 4.79 Å². The van der Waals surface area contributed by atoms with E-state index in [0.29, 0.717) is 26.2 Å². The molecule has 0 spiro atoms. The number of hydrogen-bond acceptors (Lipinski definition) is 2. The summed E-state index contributed by atoms with van der Waals surface area (Å²) in [7, 11) is 0. The van der Waals surface area contributed by atoms with Gasteiger partial charge in [-0.3, -0.25) is 4.79 Å². The van der Waals surface area contributed by atoms with E-state index in [1.54, 1.807) is 4.90 Å². The fraction of sp³-hybridized carbons (Fsp3) is 0.467. The average molecular weight is 352 g/mol. The zero-order chi connectivity index (χ0) is 14.8. The molecule has 1 aliphatic heterocycles. The molecule has 5 nitrogen and oxygen atoms in total. The molecule has 1 aromatic rings. The van der Waals surface area contributed by atoms with E-state index in [9.17, 15) is 9.59 Å². The highest BCUT2D eigenvalue weighted by molar-refractivity contribution is 9.10. The minimum atomic E-state index is -0.105. The average Bonchev–Trinajstić information content (AvgIpc) is 3.31. The van der Waals surface area contributed by atoms with E-state index in [0.717, 1.165) is 23.0 Å². The van der Waals surface area contributed by atoms with Gasteiger partial charge in [0.2, 0.25) is 5.91 Å². The fourth-order valence-electron chi connectivity index (χ4n) is 2.49. The summed E-state index contributed by atoms with van der Waals surface area (Å²) in [6.45, 7) is 2.47. The van der Waals surface area contributed by atoms with Crippen molar-refractivity contribution in [1.82, 2.24) is 9.80 Å². The molecule has 3 amide bonds. The molecule has 6 heteroatoms. The van der Waals surface area contributed by atoms with Crippen LogP contribution in [-0.4, -0.2) is 47.9 Å². The second kappa shape index (κ2) is 6.05. The van der Waals surface area contributed by atoms with Crippen molar-refractivity contribution in [2.24, 2.45) is 5.92 Å². The third-order valence-corrected chi connectivity index (χ3v) is 4.37. The van der Waals surface area contributed by atoms with Gasteiger partial charge in [-0.1, -0.05) is 22.0 Å². The number of nitrogens with one attached hydrogen (secondary N) is 1. The van der Waals surface area contributed by atoms with Crippen LogP contribution in [0.3, 0.4) is 0 Å². The van der Waals surface area contributed by atoms with Crippen LogP contribution >= 0.6 is 15.9 Å². The number of amides is 3. The molecular formula is C15H18BrN3O2. The number of hydrogen-bond donors (Lipinski definition) is 1. The van der Waals surface area contributed by atoms with Crippen LogP contribution in [0.2, 0.25) is 0 Å². The van der Waals surface area contributed by atoms with Gasteiger partial charge in [0.25, 0.3) is 0 Å². The van der Waals surface area contributed by atoms with Crippen LogP contribution in [0.4, 0.5) is 10.5 Å². The minimum Gasteiger partial charge on any atom is -0.339 e. The number of benzene rings is 1. The van der Waals surface area contributed by atoms with Crippen molar-refractivity contribution in [1.29, 1.82) is 0 Å². The van der Waals surface area contributed by atoms with Gasteiger partial charge in [0.15, 0.2) is 0 Å². The normalized spacial score (nSPS) is 18.5. The van der Waals surface area contributed by atoms with E-state index in [1.165, 1.54) is 0 Å². The third kappa shape index (κ3) is 3.56. The number of rotatable bonds is 2. The minimum absolute atomic E-state index is 0.105. The highest BCUT2D eigenvalue weighted by Gasteiger charge is 2.35. The number of halogens is 1. The van der Waals surface area contributed by atoms with Crippen molar-refractivity contribution in [3.63, 3.8) is 0 Å². The molecule has 112 valence electrons. The van der Waals surface area contributed by atoms with Gasteiger partial charge in [0, 0.05) is 42.3 Å². The van der Waals surface area contributed by atoms with Gasteiger partial charge >= 0.3 is 6.03 Å². The van der Waals surface area contributed by atoms with Crippen LogP contribution in [0.15, 0.2) is 28.7 Å². The van der Waals surface area contributed by atoms with Crippen molar-refractivity contribution in [3.8, 4) is 0 Å². The Morgan fingerprint density at radius 2 is 1.76 bits per heavy atom. The van der Waals surface area contributed by atoms with Gasteiger partial charge < -0.3 is 15.1 Å². The Morgan fingerprint density at radius 1 is 1.10 bits per heavy atom. The van der Waals surface area contributed by atoms with Crippen molar-refractivity contribution in [2.45, 2.75) is 12.8 Å². The predicted octanol–water partition coefficient (Wildman–Crippen LogP) is 2.54. The van der Waals surface area contributed by atoms with E-state index in [-0.39, 0.29) is 17.9 Å². The van der Waals surface area contributed by atoms with Gasteiger partial charge in [0.1, 0.15) is 0 Å². The molecule has 1 aromatic carbocycles. The Kier molecular flexibility index (Phi) is 4.14. The van der Waals surface area contributed by atoms with Gasteiger partial charge in [-0.2, -0.15) is 0 Å². The van der Waals surface area contributed by atoms with E-state index < -0.39 is 0 Å². The molecular weight excluding hydrogens is 334 g/mol. The summed E-state index contributed by atoms with van der Waals surface area (Å²) in [6, 6.07) is 7.41. The molecule has 2 aliphatic rings. The molecule has 1 N–H and O–H groups in total. The van der Waals surface area contributed by atoms with Crippen LogP contribution in [0.1, 0.15) is 12.8 Å². The number of carbonyl (C=O) groups is 2. The topological polar surface area (TPSA) is 52.7 Å². The first-order valence-electron chi connectivity index (χ1n) is 7.24. The predicted molar refractivity (Wildman–Crippen MR) is 84.0 cm³/mol. The summed E-state index contributed by atoms with van der Waals surface area (Å²) < 4.78 is 0.931. The monoisotopic (exact) mass is 351 g/mol. The lowest BCUT2D eigenvalue weighted by Crippen LogP contribution is -2.52. The molecule has 21 heavy (non-hydrogen) atoms. The quantitative estimate of drug-likeness (QED) is 0.889. The van der Waals surface area contributed by atoms with Crippen LogP contribution in [0.5, 0.6) is 0 Å². The molecule has 1 aliphatic carbocycles. The summed E-state index contributed by atoms with van der Waals surface area (Å²) in [5.74, 6) is 0.522. The van der Waals surface area contributed by atoms with Crippen molar-refractivity contribution < 1.29 is 9.59 Å². The summed E-state index contributed by atoms with van der Waals surface area (Å²) in [6.07, 6.45) is 2.06. The Labute approximate surface area is 132 Å². The highest BCUT2D eigenvalue weighted by Crippen LogP contribution is 2.31. The molecule has 0 radical (unpaired) electrons. The number of nitrogens with zero attached hydrogens (tertiary/aromatic N) is 2. The van der Waals surface area contributed by atoms with E-state index in [2.05, 4.69) is 21.2 Å². The first-order valence-corrected chi connectivity index (χ1v) is 8.03. The Bertz CT molecular complexity index is 552. The molecule has 0 atom stereocenters. The molecule has 1 saturated heterocycles. The van der Waals surface area contributed by atoms with Crippen molar-refractivity contribution >= 4 is 33.6 Å².